The predicted octanol–water partition coefficient (Wildman–Crippen LogP) is 5.35. The van der Waals surface area contributed by atoms with Crippen molar-refractivity contribution in [2.75, 3.05) is 26.7 Å². The largest absolute Gasteiger partial charge is 0.480 e. The van der Waals surface area contributed by atoms with Crippen molar-refractivity contribution in [3.05, 3.63) is 75.9 Å². The summed E-state index contributed by atoms with van der Waals surface area (Å²) in [4.78, 5) is 41.3. The number of nitriles is 1. The highest BCUT2D eigenvalue weighted by Crippen LogP contribution is 2.48. The standard InChI is InChI=1S/C43H45ClN8O6S/c1-23-27(5-3-6-28(23)35-21-47-36(43(50-35)57-2)20-46-19-25-9-14-38(53)48-25)30-7-4-8-31(39(30)44)42-49-34-17-32-29(33(18-45)40(34)58-42)12-13-37(32)52-16-15-24(22-52)41(54)51-59(55,56)26-10-11-26/h3-8,21,24-26,32,37,46H,9-17,19-20,22H2,1-2H3,(H,48,53)(H,51,54)/t24-,25+,32?,37-/m1/s1. The van der Waals surface area contributed by atoms with E-state index in [1.54, 1.807) is 13.3 Å². The van der Waals surface area contributed by atoms with Crippen molar-refractivity contribution in [2.24, 2.45) is 11.8 Å². The Morgan fingerprint density at radius 2 is 1.85 bits per heavy atom. The number of likely N-dealkylation sites (tertiary alicyclic amines) is 1. The number of benzene rings is 2. The quantitative estimate of drug-likeness (QED) is 0.166. The Labute approximate surface area is 347 Å². The van der Waals surface area contributed by atoms with Crippen LogP contribution in [-0.2, 0) is 32.6 Å². The van der Waals surface area contributed by atoms with E-state index in [1.807, 2.05) is 43.3 Å². The summed E-state index contributed by atoms with van der Waals surface area (Å²) in [5, 5.41) is 16.8. The fourth-order valence-electron chi connectivity index (χ4n) is 9.31. The average molecular weight is 837 g/mol. The molecule has 9 rings (SSSR count). The highest BCUT2D eigenvalue weighted by Gasteiger charge is 2.46. The van der Waals surface area contributed by atoms with Gasteiger partial charge in [-0.2, -0.15) is 5.26 Å². The lowest BCUT2D eigenvalue weighted by molar-refractivity contribution is -0.123. The van der Waals surface area contributed by atoms with E-state index in [9.17, 15) is 23.3 Å². The zero-order valence-corrected chi connectivity index (χ0v) is 34.5. The van der Waals surface area contributed by atoms with E-state index in [0.29, 0.717) is 109 Å². The number of fused-ring (bicyclic) bond motifs is 2. The molecule has 2 aromatic carbocycles. The Hall–Kier alpha value is -5.14. The molecule has 0 spiro atoms. The van der Waals surface area contributed by atoms with Gasteiger partial charge in [0.1, 0.15) is 11.8 Å². The van der Waals surface area contributed by atoms with Crippen molar-refractivity contribution in [1.82, 2.24) is 35.2 Å². The van der Waals surface area contributed by atoms with E-state index in [2.05, 4.69) is 26.3 Å². The Balaban J connectivity index is 0.932. The molecule has 0 radical (unpaired) electrons. The molecule has 0 bridgehead atoms. The molecule has 4 fully saturated rings. The van der Waals surface area contributed by atoms with E-state index >= 15 is 0 Å². The number of oxazole rings is 1. The van der Waals surface area contributed by atoms with Gasteiger partial charge in [-0.15, -0.1) is 0 Å². The van der Waals surface area contributed by atoms with Gasteiger partial charge in [-0.05, 0) is 74.8 Å². The third kappa shape index (κ3) is 7.52. The summed E-state index contributed by atoms with van der Waals surface area (Å²) in [6.07, 6.45) is 7.05. The third-order valence-electron chi connectivity index (χ3n) is 12.6. The van der Waals surface area contributed by atoms with Crippen molar-refractivity contribution in [3.8, 4) is 45.8 Å². The molecule has 59 heavy (non-hydrogen) atoms. The summed E-state index contributed by atoms with van der Waals surface area (Å²) in [6.45, 7) is 4.26. The normalized spacial score (nSPS) is 22.8. The van der Waals surface area contributed by atoms with Gasteiger partial charge in [0.25, 0.3) is 0 Å². The van der Waals surface area contributed by atoms with Gasteiger partial charge in [0.15, 0.2) is 5.76 Å². The molecule has 14 nitrogen and oxygen atoms in total. The summed E-state index contributed by atoms with van der Waals surface area (Å²) < 4.78 is 39.3. The van der Waals surface area contributed by atoms with Gasteiger partial charge in [0, 0.05) is 61.6 Å². The van der Waals surface area contributed by atoms with Crippen LogP contribution in [0.25, 0.3) is 39.4 Å². The van der Waals surface area contributed by atoms with E-state index in [-0.39, 0.29) is 23.9 Å². The number of halogens is 1. The minimum atomic E-state index is -3.60. The molecule has 306 valence electrons. The average Bonchev–Trinajstić information content (AvgIpc) is 3.49. The molecule has 4 heterocycles. The number of sulfonamides is 1. The molecule has 2 aromatic heterocycles. The molecule has 4 aromatic rings. The Morgan fingerprint density at radius 1 is 1.07 bits per heavy atom. The summed E-state index contributed by atoms with van der Waals surface area (Å²) >= 11 is 7.23. The molecular formula is C43H45ClN8O6S. The van der Waals surface area contributed by atoms with Crippen LogP contribution in [0.5, 0.6) is 5.88 Å². The zero-order chi connectivity index (χ0) is 41.0. The lowest BCUT2D eigenvalue weighted by Gasteiger charge is -2.31. The highest BCUT2D eigenvalue weighted by molar-refractivity contribution is 7.90. The molecule has 1 unspecified atom stereocenters. The first-order valence-electron chi connectivity index (χ1n) is 20.2. The van der Waals surface area contributed by atoms with Crippen LogP contribution in [0.2, 0.25) is 5.02 Å². The predicted molar refractivity (Wildman–Crippen MR) is 220 cm³/mol. The third-order valence-corrected chi connectivity index (χ3v) is 14.8. The Morgan fingerprint density at radius 3 is 2.59 bits per heavy atom. The fraction of sp³-hybridized carbons (Fsp3) is 0.442. The molecule has 16 heteroatoms. The maximum atomic E-state index is 13.0. The number of carbonyl (C=O) groups excluding carboxylic acids is 2. The van der Waals surface area contributed by atoms with Crippen LogP contribution in [-0.4, -0.2) is 84.2 Å². The van der Waals surface area contributed by atoms with Crippen molar-refractivity contribution < 1.29 is 27.2 Å². The van der Waals surface area contributed by atoms with Crippen LogP contribution in [0.15, 0.2) is 52.6 Å². The maximum Gasteiger partial charge on any atom is 0.237 e. The van der Waals surface area contributed by atoms with Gasteiger partial charge in [0.2, 0.25) is 33.6 Å². The molecule has 3 N–H and O–H groups in total. The summed E-state index contributed by atoms with van der Waals surface area (Å²) in [5.41, 5.74) is 7.69. The van der Waals surface area contributed by atoms with Gasteiger partial charge < -0.3 is 19.8 Å². The van der Waals surface area contributed by atoms with Crippen LogP contribution in [0, 0.1) is 30.1 Å². The van der Waals surface area contributed by atoms with Gasteiger partial charge in [0.05, 0.1) is 52.0 Å². The summed E-state index contributed by atoms with van der Waals surface area (Å²) in [7, 11) is -2.03. The number of rotatable bonds is 12. The number of ether oxygens (including phenoxy) is 1. The summed E-state index contributed by atoms with van der Waals surface area (Å²) in [5.74, 6) is 0.535. The van der Waals surface area contributed by atoms with Crippen LogP contribution >= 0.6 is 11.6 Å². The smallest absolute Gasteiger partial charge is 0.237 e. The molecule has 2 saturated heterocycles. The molecule has 4 atom stereocenters. The fourth-order valence-corrected chi connectivity index (χ4v) is 11.0. The second-order valence-corrected chi connectivity index (χ2v) is 18.5. The molecule has 3 aliphatic carbocycles. The monoisotopic (exact) mass is 836 g/mol. The molecular weight excluding hydrogens is 792 g/mol. The number of carbonyl (C=O) groups is 2. The van der Waals surface area contributed by atoms with E-state index < -0.39 is 27.1 Å². The number of amides is 2. The molecule has 5 aliphatic rings. The van der Waals surface area contributed by atoms with Gasteiger partial charge in [-0.25, -0.2) is 18.4 Å². The minimum Gasteiger partial charge on any atom is -0.480 e. The Bertz CT molecular complexity index is 2550. The maximum absolute atomic E-state index is 13.0. The minimum absolute atomic E-state index is 0.0347. The number of aromatic nitrogens is 3. The second kappa shape index (κ2) is 15.8. The van der Waals surface area contributed by atoms with Crippen LogP contribution < -0.4 is 20.1 Å². The van der Waals surface area contributed by atoms with E-state index in [1.165, 1.54) is 0 Å². The SMILES string of the molecule is COc1nc(-c2cccc(-c3cccc(-c4nc5c(o4)C(C#N)=C4CC[C@@H](N6CC[C@@H](C(=O)NS(=O)(=O)C7CC7)C6)C4C5)c3Cl)c2C)cnc1CNC[C@@H]1CCC(=O)N1. The van der Waals surface area contributed by atoms with Crippen molar-refractivity contribution in [3.63, 3.8) is 0 Å². The van der Waals surface area contributed by atoms with Crippen molar-refractivity contribution in [1.29, 1.82) is 5.26 Å². The van der Waals surface area contributed by atoms with Gasteiger partial charge in [-0.3, -0.25) is 24.2 Å². The number of nitrogens with zero attached hydrogens (tertiary/aromatic N) is 5. The number of methoxy groups -OCH3 is 1. The lowest BCUT2D eigenvalue weighted by atomic mass is 9.84. The summed E-state index contributed by atoms with van der Waals surface area (Å²) in [6, 6.07) is 14.3. The molecule has 2 saturated carbocycles. The molecule has 2 amide bonds. The van der Waals surface area contributed by atoms with Gasteiger partial charge >= 0.3 is 0 Å². The number of hydrogen-bond acceptors (Lipinski definition) is 12. The zero-order valence-electron chi connectivity index (χ0n) is 32.9. The second-order valence-electron chi connectivity index (χ2n) is 16.2. The van der Waals surface area contributed by atoms with Crippen molar-refractivity contribution >= 4 is 39.0 Å². The Kier molecular flexibility index (Phi) is 10.5. The number of allylic oxidation sites excluding steroid dienone is 1. The van der Waals surface area contributed by atoms with E-state index in [0.717, 1.165) is 47.1 Å². The van der Waals surface area contributed by atoms with E-state index in [4.69, 9.17) is 35.7 Å². The number of nitrogens with one attached hydrogen (secondary N) is 3. The molecule has 2 aliphatic heterocycles. The highest BCUT2D eigenvalue weighted by atomic mass is 35.5. The van der Waals surface area contributed by atoms with Crippen LogP contribution in [0.4, 0.5) is 0 Å². The van der Waals surface area contributed by atoms with Crippen LogP contribution in [0.1, 0.15) is 67.7 Å². The first kappa shape index (κ1) is 39.3. The lowest BCUT2D eigenvalue weighted by Crippen LogP contribution is -2.41. The topological polar surface area (TPSA) is 192 Å². The van der Waals surface area contributed by atoms with Crippen molar-refractivity contribution in [2.45, 2.75) is 82.2 Å². The van der Waals surface area contributed by atoms with Gasteiger partial charge in [-0.1, -0.05) is 41.9 Å². The first-order chi connectivity index (χ1) is 28.5. The number of hydrogen-bond donors (Lipinski definition) is 3. The first-order valence-corrected chi connectivity index (χ1v) is 22.2. The van der Waals surface area contributed by atoms with Crippen LogP contribution in [0.3, 0.4) is 0 Å².